The lowest BCUT2D eigenvalue weighted by molar-refractivity contribution is 0.0373. The van der Waals surface area contributed by atoms with Crippen LogP contribution in [0.15, 0.2) is 0 Å². The van der Waals surface area contributed by atoms with Gasteiger partial charge in [-0.3, -0.25) is 0 Å². The zero-order chi connectivity index (χ0) is 9.94. The Balaban J connectivity index is 2.88. The highest BCUT2D eigenvalue weighted by molar-refractivity contribution is 4.67. The molecule has 0 atom stereocenters. The Kier molecular flexibility index (Phi) is 9.07. The second-order valence-corrected chi connectivity index (χ2v) is 3.34. The molecule has 0 aliphatic rings. The van der Waals surface area contributed by atoms with E-state index in [0.717, 1.165) is 13.0 Å². The van der Waals surface area contributed by atoms with Gasteiger partial charge in [0.25, 0.3) is 0 Å². The molecule has 0 fully saturated rings. The van der Waals surface area contributed by atoms with Gasteiger partial charge in [0.2, 0.25) is 0 Å². The predicted octanol–water partition coefficient (Wildman–Crippen LogP) is 1.98. The van der Waals surface area contributed by atoms with E-state index < -0.39 is 0 Å². The van der Waals surface area contributed by atoms with Gasteiger partial charge in [-0.25, -0.2) is 0 Å². The maximum absolute atomic E-state index is 8.24. The van der Waals surface area contributed by atoms with E-state index in [0.29, 0.717) is 32.2 Å². The van der Waals surface area contributed by atoms with Gasteiger partial charge >= 0.3 is 0 Å². The molecule has 0 aliphatic carbocycles. The number of hydrogen-bond acceptors (Lipinski definition) is 3. The minimum Gasteiger partial charge on any atom is -0.379 e. The van der Waals surface area contributed by atoms with E-state index in [4.69, 9.17) is 14.7 Å². The molecule has 0 bridgehead atoms. The third-order valence-electron chi connectivity index (χ3n) is 1.40. The van der Waals surface area contributed by atoms with Crippen LogP contribution in [0.4, 0.5) is 0 Å². The van der Waals surface area contributed by atoms with E-state index in [1.807, 2.05) is 0 Å². The van der Waals surface area contributed by atoms with Crippen molar-refractivity contribution in [3.63, 3.8) is 0 Å². The molecule has 0 aromatic carbocycles. The molecule has 0 unspecified atom stereocenters. The molecule has 13 heavy (non-hydrogen) atoms. The molecule has 0 aromatic heterocycles. The van der Waals surface area contributed by atoms with Crippen LogP contribution in [0.2, 0.25) is 0 Å². The van der Waals surface area contributed by atoms with Gasteiger partial charge in [0.1, 0.15) is 0 Å². The topological polar surface area (TPSA) is 42.2 Å². The Morgan fingerprint density at radius 2 is 1.85 bits per heavy atom. The van der Waals surface area contributed by atoms with Gasteiger partial charge in [-0.2, -0.15) is 5.26 Å². The van der Waals surface area contributed by atoms with Gasteiger partial charge < -0.3 is 9.47 Å². The Labute approximate surface area is 80.6 Å². The molecule has 3 heteroatoms. The average Bonchev–Trinajstić information content (AvgIpc) is 2.09. The summed E-state index contributed by atoms with van der Waals surface area (Å²) < 4.78 is 10.6. The second kappa shape index (κ2) is 9.50. The van der Waals surface area contributed by atoms with Gasteiger partial charge in [0.15, 0.2) is 0 Å². The van der Waals surface area contributed by atoms with Crippen molar-refractivity contribution in [2.24, 2.45) is 5.92 Å². The molecule has 0 N–H and O–H groups in total. The molecule has 0 heterocycles. The van der Waals surface area contributed by atoms with Crippen LogP contribution in [0.25, 0.3) is 0 Å². The van der Waals surface area contributed by atoms with Crippen LogP contribution in [0, 0.1) is 17.2 Å². The first-order valence-electron chi connectivity index (χ1n) is 4.79. The van der Waals surface area contributed by atoms with Crippen LogP contribution in [-0.2, 0) is 9.47 Å². The van der Waals surface area contributed by atoms with E-state index in [2.05, 4.69) is 19.9 Å². The molecule has 0 saturated carbocycles. The Bertz CT molecular complexity index is 140. The van der Waals surface area contributed by atoms with Gasteiger partial charge in [-0.05, 0) is 12.3 Å². The van der Waals surface area contributed by atoms with E-state index in [1.165, 1.54) is 0 Å². The highest BCUT2D eigenvalue weighted by atomic mass is 16.5. The van der Waals surface area contributed by atoms with E-state index in [1.54, 1.807) is 0 Å². The molecule has 0 rings (SSSR count). The zero-order valence-electron chi connectivity index (χ0n) is 8.58. The Hall–Kier alpha value is -0.590. The van der Waals surface area contributed by atoms with E-state index in [9.17, 15) is 0 Å². The summed E-state index contributed by atoms with van der Waals surface area (Å²) in [6.45, 7) is 6.99. The molecular weight excluding hydrogens is 166 g/mol. The fraction of sp³-hybridized carbons (Fsp3) is 0.900. The van der Waals surface area contributed by atoms with Gasteiger partial charge in [-0.1, -0.05) is 13.8 Å². The van der Waals surface area contributed by atoms with Crippen LogP contribution in [-0.4, -0.2) is 26.4 Å². The van der Waals surface area contributed by atoms with Crippen molar-refractivity contribution in [2.45, 2.75) is 26.7 Å². The maximum Gasteiger partial charge on any atom is 0.0700 e. The van der Waals surface area contributed by atoms with Crippen LogP contribution < -0.4 is 0 Å². The lowest BCUT2D eigenvalue weighted by atomic mass is 10.2. The van der Waals surface area contributed by atoms with Crippen LogP contribution >= 0.6 is 0 Å². The van der Waals surface area contributed by atoms with E-state index in [-0.39, 0.29) is 0 Å². The summed E-state index contributed by atoms with van der Waals surface area (Å²) in [7, 11) is 0. The molecule has 76 valence electrons. The van der Waals surface area contributed by atoms with Crippen molar-refractivity contribution in [1.29, 1.82) is 5.26 Å². The molecule has 0 amide bonds. The first-order valence-corrected chi connectivity index (χ1v) is 4.79. The highest BCUT2D eigenvalue weighted by Crippen LogP contribution is 1.92. The fourth-order valence-electron chi connectivity index (χ4n) is 0.792. The zero-order valence-corrected chi connectivity index (χ0v) is 8.58. The summed E-state index contributed by atoms with van der Waals surface area (Å²) in [5, 5.41) is 8.24. The SMILES string of the molecule is CC(C)COCCOCCCC#N. The third kappa shape index (κ3) is 11.4. The number of hydrogen-bond donors (Lipinski definition) is 0. The Morgan fingerprint density at radius 3 is 2.46 bits per heavy atom. The Morgan fingerprint density at radius 1 is 1.15 bits per heavy atom. The predicted molar refractivity (Wildman–Crippen MR) is 51.3 cm³/mol. The van der Waals surface area contributed by atoms with Crippen molar-refractivity contribution < 1.29 is 9.47 Å². The minimum absolute atomic E-state index is 0.576. The van der Waals surface area contributed by atoms with Crippen LogP contribution in [0.5, 0.6) is 0 Å². The van der Waals surface area contributed by atoms with Crippen molar-refractivity contribution in [3.05, 3.63) is 0 Å². The first-order chi connectivity index (χ1) is 6.27. The van der Waals surface area contributed by atoms with Crippen molar-refractivity contribution in [3.8, 4) is 6.07 Å². The summed E-state index contributed by atoms with van der Waals surface area (Å²) in [5.41, 5.74) is 0. The van der Waals surface area contributed by atoms with Gasteiger partial charge in [0, 0.05) is 19.6 Å². The van der Waals surface area contributed by atoms with Crippen LogP contribution in [0.3, 0.4) is 0 Å². The quantitative estimate of drug-likeness (QED) is 0.543. The molecule has 0 radical (unpaired) electrons. The number of ether oxygens (including phenoxy) is 2. The lowest BCUT2D eigenvalue weighted by Gasteiger charge is -2.06. The molecule has 0 aromatic rings. The number of rotatable bonds is 8. The van der Waals surface area contributed by atoms with Crippen molar-refractivity contribution in [2.75, 3.05) is 26.4 Å². The summed E-state index contributed by atoms with van der Waals surface area (Å²) in [6.07, 6.45) is 1.40. The van der Waals surface area contributed by atoms with Crippen LogP contribution in [0.1, 0.15) is 26.7 Å². The number of nitriles is 1. The summed E-state index contributed by atoms with van der Waals surface area (Å²) in [6, 6.07) is 2.07. The molecule has 3 nitrogen and oxygen atoms in total. The minimum atomic E-state index is 0.576. The normalized spacial score (nSPS) is 10.3. The largest absolute Gasteiger partial charge is 0.379 e. The second-order valence-electron chi connectivity index (χ2n) is 3.34. The maximum atomic E-state index is 8.24. The van der Waals surface area contributed by atoms with Gasteiger partial charge in [-0.15, -0.1) is 0 Å². The fourth-order valence-corrected chi connectivity index (χ4v) is 0.792. The monoisotopic (exact) mass is 185 g/mol. The number of nitrogens with zero attached hydrogens (tertiary/aromatic N) is 1. The lowest BCUT2D eigenvalue weighted by Crippen LogP contribution is -2.08. The van der Waals surface area contributed by atoms with E-state index >= 15 is 0 Å². The standard InChI is InChI=1S/C10H19NO2/c1-10(2)9-13-8-7-12-6-4-3-5-11/h10H,3-4,6-9H2,1-2H3. The smallest absolute Gasteiger partial charge is 0.0700 e. The molecule has 0 saturated heterocycles. The molecular formula is C10H19NO2. The summed E-state index contributed by atoms with van der Waals surface area (Å²) >= 11 is 0. The number of unbranched alkanes of at least 4 members (excludes halogenated alkanes) is 1. The van der Waals surface area contributed by atoms with Crippen molar-refractivity contribution in [1.82, 2.24) is 0 Å². The van der Waals surface area contributed by atoms with Crippen molar-refractivity contribution >= 4 is 0 Å². The first kappa shape index (κ1) is 12.4. The van der Waals surface area contributed by atoms with Gasteiger partial charge in [0.05, 0.1) is 19.3 Å². The molecule has 0 spiro atoms. The highest BCUT2D eigenvalue weighted by Gasteiger charge is 1.93. The third-order valence-corrected chi connectivity index (χ3v) is 1.40. The summed E-state index contributed by atoms with van der Waals surface area (Å²) in [4.78, 5) is 0. The average molecular weight is 185 g/mol. The molecule has 0 aliphatic heterocycles. The summed E-state index contributed by atoms with van der Waals surface area (Å²) in [5.74, 6) is 0.582.